The summed E-state index contributed by atoms with van der Waals surface area (Å²) in [6.45, 7) is 2.47. The highest BCUT2D eigenvalue weighted by molar-refractivity contribution is 8.09. The Bertz CT molecular complexity index is 948. The summed E-state index contributed by atoms with van der Waals surface area (Å²) < 4.78 is 12.0. The lowest BCUT2D eigenvalue weighted by Crippen LogP contribution is -1.98. The predicted molar refractivity (Wildman–Crippen MR) is 112 cm³/mol. The quantitative estimate of drug-likeness (QED) is 0.572. The molecule has 0 bridgehead atoms. The second-order valence-electron chi connectivity index (χ2n) is 5.52. The van der Waals surface area contributed by atoms with E-state index in [9.17, 15) is 4.79 Å². The molecule has 0 amide bonds. The number of aliphatic carboxylic acids is 1. The van der Waals surface area contributed by atoms with Gasteiger partial charge in [0, 0.05) is 4.91 Å². The highest BCUT2D eigenvalue weighted by atomic mass is 32.2. The van der Waals surface area contributed by atoms with Crippen molar-refractivity contribution in [2.45, 2.75) is 6.92 Å². The number of fused-ring (bicyclic) bond motifs is 1. The highest BCUT2D eigenvalue weighted by Gasteiger charge is 2.13. The lowest BCUT2D eigenvalue weighted by atomic mass is 10.2. The first-order valence-electron chi connectivity index (χ1n) is 8.33. The molecule has 1 heterocycles. The number of para-hydroxylation sites is 1. The van der Waals surface area contributed by atoms with Gasteiger partial charge in [-0.15, -0.1) is 23.1 Å². The third-order valence-electron chi connectivity index (χ3n) is 3.64. The molecule has 1 N–H and O–H groups in total. The lowest BCUT2D eigenvalue weighted by molar-refractivity contribution is -0.133. The van der Waals surface area contributed by atoms with Crippen LogP contribution in [0, 0.1) is 0 Å². The topological polar surface area (TPSA) is 68.7 Å². The Morgan fingerprint density at radius 3 is 2.78 bits per heavy atom. The minimum absolute atomic E-state index is 0.0318. The summed E-state index contributed by atoms with van der Waals surface area (Å²) >= 11 is 2.81. The SMILES string of the molecule is CCOc1ccc(/C=C(\SCC(=O)O)c2nc3ccccc3s2)cc1OC. The predicted octanol–water partition coefficient (Wildman–Crippen LogP) is 5.02. The molecular weight excluding hydrogens is 382 g/mol. The number of nitrogens with zero attached hydrogens (tertiary/aromatic N) is 1. The average molecular weight is 402 g/mol. The number of rotatable bonds is 8. The molecule has 3 aromatic rings. The van der Waals surface area contributed by atoms with Crippen LogP contribution in [0.5, 0.6) is 11.5 Å². The minimum atomic E-state index is -0.865. The Morgan fingerprint density at radius 1 is 1.26 bits per heavy atom. The Hall–Kier alpha value is -2.51. The van der Waals surface area contributed by atoms with Gasteiger partial charge in [0.2, 0.25) is 0 Å². The first-order chi connectivity index (χ1) is 13.1. The number of aromatic nitrogens is 1. The molecule has 2 aromatic carbocycles. The first-order valence-corrected chi connectivity index (χ1v) is 10.1. The number of benzene rings is 2. The Kier molecular flexibility index (Phi) is 6.36. The molecule has 0 fully saturated rings. The van der Waals surface area contributed by atoms with Crippen molar-refractivity contribution in [3.05, 3.63) is 53.0 Å². The first kappa shape index (κ1) is 19.3. The summed E-state index contributed by atoms with van der Waals surface area (Å²) in [5.74, 6) is 0.418. The molecule has 0 aliphatic heterocycles. The summed E-state index contributed by atoms with van der Waals surface area (Å²) in [5, 5.41) is 9.89. The fourth-order valence-electron chi connectivity index (χ4n) is 2.48. The molecule has 0 saturated heterocycles. The smallest absolute Gasteiger partial charge is 0.313 e. The Labute approximate surface area is 165 Å². The van der Waals surface area contributed by atoms with Crippen molar-refractivity contribution in [2.24, 2.45) is 0 Å². The van der Waals surface area contributed by atoms with E-state index in [1.807, 2.05) is 55.5 Å². The highest BCUT2D eigenvalue weighted by Crippen LogP contribution is 2.36. The molecule has 5 nitrogen and oxygen atoms in total. The zero-order valence-corrected chi connectivity index (χ0v) is 16.6. The number of thiazole rings is 1. The molecule has 0 radical (unpaired) electrons. The van der Waals surface area contributed by atoms with Crippen LogP contribution in [-0.2, 0) is 4.79 Å². The molecule has 1 aromatic heterocycles. The third kappa shape index (κ3) is 4.81. The third-order valence-corrected chi connectivity index (χ3v) is 5.85. The number of carboxylic acid groups (broad SMARTS) is 1. The van der Waals surface area contributed by atoms with E-state index in [2.05, 4.69) is 4.98 Å². The standard InChI is InChI=1S/C20H19NO4S2/c1-3-25-15-9-8-13(10-16(15)24-2)11-18(26-12-19(22)23)20-21-14-6-4-5-7-17(14)27-20/h4-11H,3,12H2,1-2H3,(H,22,23)/b18-11-. The van der Waals surface area contributed by atoms with Crippen LogP contribution in [0.4, 0.5) is 0 Å². The maximum absolute atomic E-state index is 11.1. The van der Waals surface area contributed by atoms with Gasteiger partial charge in [-0.1, -0.05) is 18.2 Å². The molecule has 27 heavy (non-hydrogen) atoms. The fourth-order valence-corrected chi connectivity index (χ4v) is 4.33. The fraction of sp³-hybridized carbons (Fsp3) is 0.200. The number of hydrogen-bond acceptors (Lipinski definition) is 6. The molecule has 0 aliphatic carbocycles. The van der Waals surface area contributed by atoms with Crippen molar-refractivity contribution < 1.29 is 19.4 Å². The van der Waals surface area contributed by atoms with Crippen LogP contribution in [0.3, 0.4) is 0 Å². The monoisotopic (exact) mass is 401 g/mol. The van der Waals surface area contributed by atoms with Crippen LogP contribution < -0.4 is 9.47 Å². The summed E-state index contributed by atoms with van der Waals surface area (Å²) in [7, 11) is 1.60. The molecule has 0 aliphatic rings. The molecule has 140 valence electrons. The van der Waals surface area contributed by atoms with Crippen molar-refractivity contribution in [2.75, 3.05) is 19.5 Å². The number of carbonyl (C=O) groups is 1. The van der Waals surface area contributed by atoms with Gasteiger partial charge < -0.3 is 14.6 Å². The van der Waals surface area contributed by atoms with Crippen molar-refractivity contribution in [1.29, 1.82) is 0 Å². The van der Waals surface area contributed by atoms with Crippen LogP contribution in [0.2, 0.25) is 0 Å². The summed E-state index contributed by atoms with van der Waals surface area (Å²) in [6.07, 6.45) is 1.93. The largest absolute Gasteiger partial charge is 0.493 e. The van der Waals surface area contributed by atoms with Gasteiger partial charge in [0.1, 0.15) is 5.01 Å². The summed E-state index contributed by atoms with van der Waals surface area (Å²) in [6, 6.07) is 13.5. The molecule has 0 spiro atoms. The number of hydrogen-bond donors (Lipinski definition) is 1. The van der Waals surface area contributed by atoms with Gasteiger partial charge in [0.25, 0.3) is 0 Å². The zero-order valence-electron chi connectivity index (χ0n) is 15.0. The minimum Gasteiger partial charge on any atom is -0.493 e. The molecule has 3 rings (SSSR count). The lowest BCUT2D eigenvalue weighted by Gasteiger charge is -2.10. The Balaban J connectivity index is 2.00. The van der Waals surface area contributed by atoms with Crippen LogP contribution in [0.25, 0.3) is 21.2 Å². The second kappa shape index (κ2) is 8.92. The van der Waals surface area contributed by atoms with Crippen molar-refractivity contribution in [3.8, 4) is 11.5 Å². The van der Waals surface area contributed by atoms with E-state index in [1.165, 1.54) is 11.8 Å². The number of ether oxygens (including phenoxy) is 2. The second-order valence-corrected chi connectivity index (χ2v) is 7.57. The number of thioether (sulfide) groups is 1. The van der Waals surface area contributed by atoms with Gasteiger partial charge in [0.05, 0.1) is 29.7 Å². The van der Waals surface area contributed by atoms with E-state index in [0.717, 1.165) is 25.7 Å². The van der Waals surface area contributed by atoms with Gasteiger partial charge in [-0.25, -0.2) is 4.98 Å². The van der Waals surface area contributed by atoms with E-state index in [1.54, 1.807) is 18.4 Å². The Morgan fingerprint density at radius 2 is 2.07 bits per heavy atom. The molecule has 0 atom stereocenters. The van der Waals surface area contributed by atoms with Crippen molar-refractivity contribution in [3.63, 3.8) is 0 Å². The van der Waals surface area contributed by atoms with E-state index in [0.29, 0.717) is 18.1 Å². The molecule has 0 unspecified atom stereocenters. The number of carboxylic acids is 1. The van der Waals surface area contributed by atoms with Crippen LogP contribution in [-0.4, -0.2) is 35.5 Å². The average Bonchev–Trinajstić information content (AvgIpc) is 3.10. The maximum Gasteiger partial charge on any atom is 0.313 e. The van der Waals surface area contributed by atoms with Crippen LogP contribution in [0.15, 0.2) is 42.5 Å². The van der Waals surface area contributed by atoms with Crippen molar-refractivity contribution >= 4 is 50.3 Å². The molecule has 7 heteroatoms. The van der Waals surface area contributed by atoms with Gasteiger partial charge in [-0.05, 0) is 42.8 Å². The van der Waals surface area contributed by atoms with E-state index < -0.39 is 5.97 Å². The van der Waals surface area contributed by atoms with Gasteiger partial charge in [-0.3, -0.25) is 4.79 Å². The van der Waals surface area contributed by atoms with Gasteiger partial charge in [0.15, 0.2) is 11.5 Å². The maximum atomic E-state index is 11.1. The van der Waals surface area contributed by atoms with Crippen LogP contribution in [0.1, 0.15) is 17.5 Å². The molecule has 0 saturated carbocycles. The summed E-state index contributed by atoms with van der Waals surface area (Å²) in [4.78, 5) is 16.5. The molecular formula is C20H19NO4S2. The van der Waals surface area contributed by atoms with Gasteiger partial charge in [-0.2, -0.15) is 0 Å². The summed E-state index contributed by atoms with van der Waals surface area (Å²) in [5.41, 5.74) is 1.80. The number of methoxy groups -OCH3 is 1. The van der Waals surface area contributed by atoms with Crippen molar-refractivity contribution in [1.82, 2.24) is 4.98 Å². The zero-order chi connectivity index (χ0) is 19.2. The normalized spacial score (nSPS) is 11.6. The van der Waals surface area contributed by atoms with Gasteiger partial charge >= 0.3 is 5.97 Å². The van der Waals surface area contributed by atoms with E-state index in [4.69, 9.17) is 14.6 Å². The van der Waals surface area contributed by atoms with E-state index >= 15 is 0 Å². The van der Waals surface area contributed by atoms with Crippen LogP contribution >= 0.6 is 23.1 Å². The van der Waals surface area contributed by atoms with E-state index in [-0.39, 0.29) is 5.75 Å².